The highest BCUT2D eigenvalue weighted by Crippen LogP contribution is 2.27. The van der Waals surface area contributed by atoms with Crippen molar-refractivity contribution in [3.63, 3.8) is 0 Å². The molecule has 7 nitrogen and oxygen atoms in total. The maximum Gasteiger partial charge on any atom is 0.261 e. The van der Waals surface area contributed by atoms with Crippen molar-refractivity contribution in [3.05, 3.63) is 63.8 Å². The lowest BCUT2D eigenvalue weighted by molar-refractivity contribution is 0.488. The van der Waals surface area contributed by atoms with E-state index in [0.29, 0.717) is 12.5 Å². The molecule has 136 valence electrons. The van der Waals surface area contributed by atoms with Gasteiger partial charge < -0.3 is 0 Å². The van der Waals surface area contributed by atoms with Gasteiger partial charge >= 0.3 is 0 Å². The quantitative estimate of drug-likeness (QED) is 0.661. The van der Waals surface area contributed by atoms with Crippen LogP contribution in [0.25, 0.3) is 16.8 Å². The number of rotatable bonds is 0. The van der Waals surface area contributed by atoms with E-state index in [-0.39, 0.29) is 5.43 Å². The summed E-state index contributed by atoms with van der Waals surface area (Å²) in [6.07, 6.45) is 6.74. The Morgan fingerprint density at radius 3 is 1.88 bits per heavy atom. The predicted octanol–water partition coefficient (Wildman–Crippen LogP) is 1.78. The van der Waals surface area contributed by atoms with Crippen LogP contribution in [0.15, 0.2) is 47.3 Å². The first-order chi connectivity index (χ1) is 11.3. The number of hydrogen-bond acceptors (Lipinski definition) is 5. The van der Waals surface area contributed by atoms with Crippen LogP contribution in [0.3, 0.4) is 0 Å². The van der Waals surface area contributed by atoms with Crippen molar-refractivity contribution in [2.24, 2.45) is 0 Å². The standard InChI is InChI=1S/C14H10O.2CH4O3S/c15-12-7-6-11-5-4-10-2-1-3-13(10)14(11)9-8-12;2*1-5(2,3)4/h1,3-9H,2H2;2*1H3,(H,2,3,4). The highest BCUT2D eigenvalue weighted by atomic mass is 32.2. The van der Waals surface area contributed by atoms with Gasteiger partial charge in [0.05, 0.1) is 12.5 Å². The van der Waals surface area contributed by atoms with E-state index in [0.717, 1.165) is 11.8 Å². The van der Waals surface area contributed by atoms with Gasteiger partial charge in [0.15, 0.2) is 5.43 Å². The molecule has 0 unspecified atom stereocenters. The van der Waals surface area contributed by atoms with Gasteiger partial charge in [-0.05, 0) is 46.5 Å². The molecule has 0 bridgehead atoms. The molecule has 3 rings (SSSR count). The molecule has 25 heavy (non-hydrogen) atoms. The van der Waals surface area contributed by atoms with Gasteiger partial charge in [-0.2, -0.15) is 16.8 Å². The van der Waals surface area contributed by atoms with Gasteiger partial charge in [-0.3, -0.25) is 13.9 Å². The number of allylic oxidation sites excluding steroid dienone is 1. The molecule has 0 amide bonds. The zero-order chi connectivity index (χ0) is 19.3. The van der Waals surface area contributed by atoms with Crippen molar-refractivity contribution in [1.29, 1.82) is 0 Å². The number of hydrogen-bond donors (Lipinski definition) is 2. The van der Waals surface area contributed by atoms with Gasteiger partial charge in [0.1, 0.15) is 0 Å². The van der Waals surface area contributed by atoms with Crippen LogP contribution in [0, 0.1) is 0 Å². The van der Waals surface area contributed by atoms with E-state index in [1.807, 2.05) is 12.1 Å². The van der Waals surface area contributed by atoms with E-state index in [1.165, 1.54) is 16.5 Å². The minimum atomic E-state index is -3.67. The van der Waals surface area contributed by atoms with Crippen LogP contribution in [-0.4, -0.2) is 38.5 Å². The summed E-state index contributed by atoms with van der Waals surface area (Å²) in [6, 6.07) is 11.3. The maximum atomic E-state index is 11.3. The van der Waals surface area contributed by atoms with Gasteiger partial charge in [-0.25, -0.2) is 0 Å². The lowest BCUT2D eigenvalue weighted by atomic mass is 10.0. The van der Waals surface area contributed by atoms with E-state index in [2.05, 4.69) is 24.3 Å². The Labute approximate surface area is 146 Å². The summed E-state index contributed by atoms with van der Waals surface area (Å²) < 4.78 is 51.7. The second kappa shape index (κ2) is 8.34. The van der Waals surface area contributed by atoms with Crippen molar-refractivity contribution in [3.8, 4) is 0 Å². The second-order valence-electron chi connectivity index (χ2n) is 5.28. The fraction of sp³-hybridized carbons (Fsp3) is 0.188. The average Bonchev–Trinajstić information content (AvgIpc) is 2.80. The molecule has 2 N–H and O–H groups in total. The first-order valence-electron chi connectivity index (χ1n) is 6.92. The molecule has 1 aliphatic carbocycles. The molecule has 0 aromatic heterocycles. The second-order valence-corrected chi connectivity index (χ2v) is 8.21. The highest BCUT2D eigenvalue weighted by Gasteiger charge is 2.07. The van der Waals surface area contributed by atoms with Crippen LogP contribution < -0.4 is 5.43 Å². The molecule has 2 aromatic rings. The summed E-state index contributed by atoms with van der Waals surface area (Å²) in [4.78, 5) is 11.3. The van der Waals surface area contributed by atoms with Crippen LogP contribution in [0.5, 0.6) is 0 Å². The van der Waals surface area contributed by atoms with Crippen LogP contribution in [-0.2, 0) is 26.7 Å². The molecular formula is C16H18O7S2. The molecule has 0 saturated heterocycles. The van der Waals surface area contributed by atoms with Crippen molar-refractivity contribution in [2.75, 3.05) is 12.5 Å². The van der Waals surface area contributed by atoms with E-state index in [4.69, 9.17) is 9.11 Å². The number of benzene rings is 1. The summed E-state index contributed by atoms with van der Waals surface area (Å²) in [7, 11) is -7.33. The third-order valence-corrected chi connectivity index (χ3v) is 2.87. The zero-order valence-corrected chi connectivity index (χ0v) is 15.2. The van der Waals surface area contributed by atoms with Gasteiger partial charge in [0.25, 0.3) is 20.2 Å². The normalized spacial score (nSPS) is 12.5. The average molecular weight is 386 g/mol. The Morgan fingerprint density at radius 1 is 0.840 bits per heavy atom. The molecule has 1 aliphatic rings. The molecule has 0 saturated carbocycles. The summed E-state index contributed by atoms with van der Waals surface area (Å²) in [5.41, 5.74) is 2.67. The monoisotopic (exact) mass is 386 g/mol. The van der Waals surface area contributed by atoms with Gasteiger partial charge in [-0.15, -0.1) is 0 Å². The Bertz CT molecular complexity index is 1010. The zero-order valence-electron chi connectivity index (χ0n) is 13.6. The van der Waals surface area contributed by atoms with Crippen molar-refractivity contribution < 1.29 is 25.9 Å². The largest absolute Gasteiger partial charge is 0.290 e. The van der Waals surface area contributed by atoms with Gasteiger partial charge in [-0.1, -0.05) is 30.4 Å². The fourth-order valence-corrected chi connectivity index (χ4v) is 2.10. The third kappa shape index (κ3) is 9.11. The first kappa shape index (κ1) is 21.0. The SMILES string of the molecule is CS(=O)(=O)O.CS(=O)(=O)O.O=c1ccc2ccc3c(c2cc1)C=CC3. The third-order valence-electron chi connectivity index (χ3n) is 2.87. The molecule has 0 atom stereocenters. The molecular weight excluding hydrogens is 368 g/mol. The van der Waals surface area contributed by atoms with Crippen LogP contribution in [0.4, 0.5) is 0 Å². The molecule has 0 spiro atoms. The maximum absolute atomic E-state index is 11.3. The Hall–Kier alpha value is -2.07. The van der Waals surface area contributed by atoms with E-state index >= 15 is 0 Å². The topological polar surface area (TPSA) is 126 Å². The van der Waals surface area contributed by atoms with E-state index in [9.17, 15) is 21.6 Å². The lowest BCUT2D eigenvalue weighted by Crippen LogP contribution is -1.88. The number of fused-ring (bicyclic) bond motifs is 3. The Balaban J connectivity index is 0.000000262. The summed E-state index contributed by atoms with van der Waals surface area (Å²) >= 11 is 0. The fourth-order valence-electron chi connectivity index (χ4n) is 2.10. The molecule has 0 radical (unpaired) electrons. The van der Waals surface area contributed by atoms with Crippen molar-refractivity contribution >= 4 is 37.1 Å². The van der Waals surface area contributed by atoms with Crippen LogP contribution >= 0.6 is 0 Å². The predicted molar refractivity (Wildman–Crippen MR) is 97.9 cm³/mol. The smallest absolute Gasteiger partial charge is 0.261 e. The molecule has 0 heterocycles. The van der Waals surface area contributed by atoms with Crippen molar-refractivity contribution in [2.45, 2.75) is 6.42 Å². The van der Waals surface area contributed by atoms with E-state index < -0.39 is 20.2 Å². The Morgan fingerprint density at radius 2 is 1.32 bits per heavy atom. The summed E-state index contributed by atoms with van der Waals surface area (Å²) in [5.74, 6) is 0. The lowest BCUT2D eigenvalue weighted by Gasteiger charge is -2.01. The minimum Gasteiger partial charge on any atom is -0.290 e. The van der Waals surface area contributed by atoms with Crippen LogP contribution in [0.1, 0.15) is 11.1 Å². The van der Waals surface area contributed by atoms with Gasteiger partial charge in [0.2, 0.25) is 0 Å². The molecule has 0 fully saturated rings. The molecule has 2 aromatic carbocycles. The minimum absolute atomic E-state index is 0.0573. The highest BCUT2D eigenvalue weighted by molar-refractivity contribution is 7.85. The Kier molecular flexibility index (Phi) is 7.00. The first-order valence-corrected chi connectivity index (χ1v) is 10.6. The summed E-state index contributed by atoms with van der Waals surface area (Å²) in [6.45, 7) is 0. The van der Waals surface area contributed by atoms with Gasteiger partial charge in [0, 0.05) is 0 Å². The van der Waals surface area contributed by atoms with E-state index in [1.54, 1.807) is 12.1 Å². The molecule has 0 aliphatic heterocycles. The van der Waals surface area contributed by atoms with Crippen molar-refractivity contribution in [1.82, 2.24) is 0 Å². The summed E-state index contributed by atoms with van der Waals surface area (Å²) in [5, 5.41) is 2.30. The molecule has 9 heteroatoms. The van der Waals surface area contributed by atoms with Crippen LogP contribution in [0.2, 0.25) is 0 Å².